The van der Waals surface area contributed by atoms with E-state index in [4.69, 9.17) is 10.6 Å². The lowest BCUT2D eigenvalue weighted by molar-refractivity contribution is -0.661. The molecule has 0 radical (unpaired) electrons. The third kappa shape index (κ3) is 4.16. The van der Waals surface area contributed by atoms with Gasteiger partial charge >= 0.3 is 5.97 Å². The summed E-state index contributed by atoms with van der Waals surface area (Å²) < 4.78 is 1.98. The summed E-state index contributed by atoms with van der Waals surface area (Å²) >= 11 is 2.96. The number of carbonyl (C=O) groups excluding carboxylic acids is 2. The Balaban J connectivity index is 1.38. The molecular formula is C23H21N6O5S2+. The summed E-state index contributed by atoms with van der Waals surface area (Å²) in [5.41, 5.74) is 6.33. The Morgan fingerprint density at radius 1 is 1.33 bits per heavy atom. The topological polar surface area (TPSA) is 151 Å². The summed E-state index contributed by atoms with van der Waals surface area (Å²) in [5.74, 6) is -1.78. The van der Waals surface area contributed by atoms with Crippen LogP contribution in [0.5, 0.6) is 0 Å². The standard InChI is InChI=1S/C23H20N6O5S2/c1-34-27-16(14-5-2-6-15(24)25-14)19(30)26-17-20(31)29-18(23(32)33)13(11-36-22(17)29)10-28-8-3-4-12-7-9-35-21(12)28/h2-9,17,22H,10-11H2,1H3,(H3-,24,25,26,30,32,33)/p+1/t17?,22-/m0/s1. The lowest BCUT2D eigenvalue weighted by Gasteiger charge is -2.49. The van der Waals surface area contributed by atoms with Gasteiger partial charge in [-0.1, -0.05) is 22.6 Å². The van der Waals surface area contributed by atoms with E-state index in [9.17, 15) is 19.5 Å². The van der Waals surface area contributed by atoms with Crippen molar-refractivity contribution in [2.75, 3.05) is 18.6 Å². The number of β-lactam (4-membered cyclic amide) rings is 1. The van der Waals surface area contributed by atoms with Crippen molar-refractivity contribution in [2.45, 2.75) is 18.0 Å². The number of anilines is 1. The predicted octanol–water partition coefficient (Wildman–Crippen LogP) is 0.955. The van der Waals surface area contributed by atoms with E-state index in [-0.39, 0.29) is 22.9 Å². The zero-order chi connectivity index (χ0) is 25.4. The second-order valence-corrected chi connectivity index (χ2v) is 10.0. The number of nitrogen functional groups attached to an aromatic ring is 1. The number of aromatic nitrogens is 2. The van der Waals surface area contributed by atoms with Crippen molar-refractivity contribution in [1.29, 1.82) is 0 Å². The number of aliphatic carboxylic acids is 1. The van der Waals surface area contributed by atoms with Gasteiger partial charge in [0, 0.05) is 17.4 Å². The van der Waals surface area contributed by atoms with Crippen molar-refractivity contribution in [3.05, 3.63) is 64.9 Å². The Labute approximate surface area is 213 Å². The van der Waals surface area contributed by atoms with E-state index >= 15 is 0 Å². The second-order valence-electron chi connectivity index (χ2n) is 8.01. The van der Waals surface area contributed by atoms with Crippen LogP contribution in [0.1, 0.15) is 5.69 Å². The molecule has 0 saturated carbocycles. The fourth-order valence-corrected chi connectivity index (χ4v) is 6.43. The number of nitrogens with one attached hydrogen (secondary N) is 1. The van der Waals surface area contributed by atoms with Crippen molar-refractivity contribution < 1.29 is 28.9 Å². The Kier molecular flexibility index (Phi) is 6.33. The fourth-order valence-electron chi connectivity index (χ4n) is 4.21. The summed E-state index contributed by atoms with van der Waals surface area (Å²) in [4.78, 5) is 49.4. The Bertz CT molecular complexity index is 1450. The molecule has 11 nitrogen and oxygen atoms in total. The summed E-state index contributed by atoms with van der Waals surface area (Å²) in [5, 5.41) is 18.9. The number of oxime groups is 1. The van der Waals surface area contributed by atoms with Gasteiger partial charge in [-0.2, -0.15) is 4.57 Å². The summed E-state index contributed by atoms with van der Waals surface area (Å²) in [7, 11) is 1.28. The van der Waals surface area contributed by atoms with Gasteiger partial charge in [0.05, 0.1) is 5.39 Å². The first kappa shape index (κ1) is 23.8. The van der Waals surface area contributed by atoms with Crippen LogP contribution in [0.4, 0.5) is 5.82 Å². The van der Waals surface area contributed by atoms with E-state index in [2.05, 4.69) is 15.5 Å². The molecule has 0 bridgehead atoms. The van der Waals surface area contributed by atoms with Gasteiger partial charge in [-0.05, 0) is 29.6 Å². The summed E-state index contributed by atoms with van der Waals surface area (Å²) in [6.07, 6.45) is 1.89. The number of rotatable bonds is 7. The van der Waals surface area contributed by atoms with Crippen LogP contribution in [0.25, 0.3) is 10.2 Å². The Hall–Kier alpha value is -3.97. The van der Waals surface area contributed by atoms with Gasteiger partial charge in [0.25, 0.3) is 16.6 Å². The van der Waals surface area contributed by atoms with Crippen LogP contribution >= 0.6 is 23.1 Å². The molecule has 1 fully saturated rings. The maximum absolute atomic E-state index is 13.1. The predicted molar refractivity (Wildman–Crippen MR) is 134 cm³/mol. The van der Waals surface area contributed by atoms with Gasteiger partial charge in [0.2, 0.25) is 0 Å². The smallest absolute Gasteiger partial charge is 0.352 e. The normalized spacial score (nSPS) is 19.6. The largest absolute Gasteiger partial charge is 0.477 e. The number of hydrogen-bond donors (Lipinski definition) is 3. The van der Waals surface area contributed by atoms with Crippen molar-refractivity contribution in [3.8, 4) is 0 Å². The molecule has 2 atom stereocenters. The van der Waals surface area contributed by atoms with E-state index in [1.165, 1.54) is 23.8 Å². The van der Waals surface area contributed by atoms with E-state index in [0.717, 1.165) is 10.2 Å². The number of carboxylic acid groups (broad SMARTS) is 1. The molecule has 0 spiro atoms. The molecule has 1 unspecified atom stereocenters. The minimum Gasteiger partial charge on any atom is -0.477 e. The summed E-state index contributed by atoms with van der Waals surface area (Å²) in [6.45, 7) is 0.339. The first-order valence-electron chi connectivity index (χ1n) is 10.8. The average molecular weight is 526 g/mol. The Morgan fingerprint density at radius 3 is 2.92 bits per heavy atom. The molecule has 184 valence electrons. The average Bonchev–Trinajstić information content (AvgIpc) is 3.35. The van der Waals surface area contributed by atoms with Gasteiger partial charge in [-0.15, -0.1) is 11.8 Å². The van der Waals surface area contributed by atoms with Crippen molar-refractivity contribution in [3.63, 3.8) is 0 Å². The molecule has 0 aliphatic carbocycles. The van der Waals surface area contributed by atoms with Gasteiger partial charge in [0.1, 0.15) is 35.7 Å². The number of nitrogens with two attached hydrogens (primary N) is 1. The lowest BCUT2D eigenvalue weighted by atomic mass is 10.0. The van der Waals surface area contributed by atoms with E-state index in [0.29, 0.717) is 17.9 Å². The van der Waals surface area contributed by atoms with Gasteiger partial charge in [-0.3, -0.25) is 14.5 Å². The number of pyridine rings is 2. The minimum atomic E-state index is -1.18. The molecule has 5 rings (SSSR count). The molecule has 2 aliphatic rings. The number of carbonyl (C=O) groups is 3. The van der Waals surface area contributed by atoms with Crippen LogP contribution in [-0.2, 0) is 25.8 Å². The molecule has 36 heavy (non-hydrogen) atoms. The lowest BCUT2D eigenvalue weighted by Crippen LogP contribution is -2.71. The molecule has 2 aliphatic heterocycles. The van der Waals surface area contributed by atoms with Crippen LogP contribution in [0.2, 0.25) is 0 Å². The van der Waals surface area contributed by atoms with Crippen LogP contribution < -0.4 is 15.6 Å². The highest BCUT2D eigenvalue weighted by Crippen LogP contribution is 2.40. The molecule has 3 aromatic rings. The second kappa shape index (κ2) is 9.59. The van der Waals surface area contributed by atoms with Gasteiger partial charge in [0.15, 0.2) is 18.5 Å². The zero-order valence-corrected chi connectivity index (χ0v) is 20.6. The van der Waals surface area contributed by atoms with Gasteiger partial charge in [-0.25, -0.2) is 9.78 Å². The maximum atomic E-state index is 13.1. The number of nitrogens with zero attached hydrogens (tertiary/aromatic N) is 4. The van der Waals surface area contributed by atoms with E-state index in [1.807, 2.05) is 34.3 Å². The number of amides is 2. The summed E-state index contributed by atoms with van der Waals surface area (Å²) in [6, 6.07) is 9.70. The highest BCUT2D eigenvalue weighted by molar-refractivity contribution is 8.00. The number of hydrogen-bond acceptors (Lipinski definition) is 9. The van der Waals surface area contributed by atoms with Crippen LogP contribution in [-0.4, -0.2) is 62.8 Å². The monoisotopic (exact) mass is 525 g/mol. The Morgan fingerprint density at radius 2 is 2.17 bits per heavy atom. The van der Waals surface area contributed by atoms with E-state index < -0.39 is 29.2 Å². The molecule has 4 N–H and O–H groups in total. The highest BCUT2D eigenvalue weighted by atomic mass is 32.2. The molecule has 3 aromatic heterocycles. The molecule has 2 amide bonds. The van der Waals surface area contributed by atoms with Crippen molar-refractivity contribution in [1.82, 2.24) is 15.2 Å². The van der Waals surface area contributed by atoms with Crippen LogP contribution in [0, 0.1) is 0 Å². The molecular weight excluding hydrogens is 504 g/mol. The van der Waals surface area contributed by atoms with Crippen molar-refractivity contribution >= 4 is 62.6 Å². The van der Waals surface area contributed by atoms with Crippen LogP contribution in [0.15, 0.2) is 64.4 Å². The molecule has 5 heterocycles. The molecule has 1 saturated heterocycles. The van der Waals surface area contributed by atoms with Gasteiger partial charge < -0.3 is 21.0 Å². The number of thioether (sulfide) groups is 1. The maximum Gasteiger partial charge on any atom is 0.352 e. The van der Waals surface area contributed by atoms with Crippen LogP contribution in [0.3, 0.4) is 0 Å². The quantitative estimate of drug-likeness (QED) is 0.179. The number of fused-ring (bicyclic) bond motifs is 2. The fraction of sp³-hybridized carbons (Fsp3) is 0.217. The molecule has 0 aromatic carbocycles. The van der Waals surface area contributed by atoms with E-state index in [1.54, 1.807) is 29.5 Å². The van der Waals surface area contributed by atoms with Crippen molar-refractivity contribution in [2.24, 2.45) is 5.16 Å². The third-order valence-corrected chi connectivity index (χ3v) is 8.09. The molecule has 13 heteroatoms. The third-order valence-electron chi connectivity index (χ3n) is 5.79. The zero-order valence-electron chi connectivity index (χ0n) is 19.0. The number of carboxylic acids is 1. The number of thiophene rings is 1. The highest BCUT2D eigenvalue weighted by Gasteiger charge is 2.54. The first-order chi connectivity index (χ1) is 17.4. The minimum absolute atomic E-state index is 0.0430. The first-order valence-corrected chi connectivity index (χ1v) is 12.7. The SMILES string of the molecule is CON=C(C(=O)NC1C(=O)N2C(C(=O)O)=C(C[n+]3cccc4ccsc43)CS[C@@H]12)c1cccc(N)n1.